The molecule has 1 aliphatic carbocycles. The van der Waals surface area contributed by atoms with Crippen LogP contribution in [0.4, 0.5) is 0 Å². The van der Waals surface area contributed by atoms with Gasteiger partial charge in [-0.1, -0.05) is 25.1 Å². The minimum atomic E-state index is 0.560. The lowest BCUT2D eigenvalue weighted by molar-refractivity contribution is -0.698. The smallest absolute Gasteiger partial charge is 0.191 e. The van der Waals surface area contributed by atoms with Crippen LogP contribution in [0.5, 0.6) is 0 Å². The van der Waals surface area contributed by atoms with Crippen LogP contribution in [0.15, 0.2) is 36.5 Å². The highest BCUT2D eigenvalue weighted by molar-refractivity contribution is 5.76. The number of rotatable bonds is 1. The molecule has 0 spiro atoms. The van der Waals surface area contributed by atoms with Gasteiger partial charge in [0.05, 0.1) is 5.56 Å². The molecule has 0 fully saturated rings. The Morgan fingerprint density at radius 3 is 2.94 bits per heavy atom. The van der Waals surface area contributed by atoms with E-state index in [1.54, 1.807) is 0 Å². The molecular formula is C15H14N+. The van der Waals surface area contributed by atoms with Crippen molar-refractivity contribution in [1.82, 2.24) is 0 Å². The molecule has 0 radical (unpaired) electrons. The summed E-state index contributed by atoms with van der Waals surface area (Å²) in [5, 5.41) is 0. The SMILES string of the molecule is CCC1c2cccc3c2-c2c(ccc[n+]21)C3. The Kier molecular flexibility index (Phi) is 1.45. The Hall–Kier alpha value is -1.63. The van der Waals surface area contributed by atoms with Crippen LogP contribution in [0.2, 0.25) is 0 Å². The molecule has 16 heavy (non-hydrogen) atoms. The monoisotopic (exact) mass is 208 g/mol. The second-order valence-corrected chi connectivity index (χ2v) is 4.77. The molecule has 1 atom stereocenters. The first-order valence-electron chi connectivity index (χ1n) is 6.05. The molecule has 2 heterocycles. The topological polar surface area (TPSA) is 3.88 Å². The fraction of sp³-hybridized carbons (Fsp3) is 0.267. The van der Waals surface area contributed by atoms with Gasteiger partial charge in [-0.05, 0) is 11.6 Å². The van der Waals surface area contributed by atoms with Gasteiger partial charge in [0.25, 0.3) is 0 Å². The van der Waals surface area contributed by atoms with Crippen molar-refractivity contribution in [2.75, 3.05) is 0 Å². The van der Waals surface area contributed by atoms with E-state index in [1.165, 1.54) is 34.4 Å². The van der Waals surface area contributed by atoms with Gasteiger partial charge in [-0.15, -0.1) is 0 Å². The first kappa shape index (κ1) is 8.51. The molecule has 0 bridgehead atoms. The molecule has 0 N–H and O–H groups in total. The molecule has 2 aliphatic rings. The second-order valence-electron chi connectivity index (χ2n) is 4.77. The minimum absolute atomic E-state index is 0.560. The van der Waals surface area contributed by atoms with Crippen LogP contribution in [0, 0.1) is 0 Å². The summed E-state index contributed by atoms with van der Waals surface area (Å²) in [6, 6.07) is 11.8. The Morgan fingerprint density at radius 1 is 1.19 bits per heavy atom. The molecule has 4 rings (SSSR count). The first-order valence-corrected chi connectivity index (χ1v) is 6.05. The van der Waals surface area contributed by atoms with E-state index in [0.29, 0.717) is 6.04 Å². The molecule has 1 unspecified atom stereocenters. The van der Waals surface area contributed by atoms with Gasteiger partial charge in [0.1, 0.15) is 0 Å². The van der Waals surface area contributed by atoms with Gasteiger partial charge in [0.15, 0.2) is 12.2 Å². The van der Waals surface area contributed by atoms with E-state index in [0.717, 1.165) is 6.42 Å². The van der Waals surface area contributed by atoms with Crippen LogP contribution in [0.3, 0.4) is 0 Å². The van der Waals surface area contributed by atoms with Gasteiger partial charge in [0.2, 0.25) is 5.69 Å². The zero-order valence-electron chi connectivity index (χ0n) is 9.40. The van der Waals surface area contributed by atoms with Crippen molar-refractivity contribution in [2.45, 2.75) is 25.8 Å². The van der Waals surface area contributed by atoms with E-state index in [9.17, 15) is 0 Å². The van der Waals surface area contributed by atoms with E-state index >= 15 is 0 Å². The lowest BCUT2D eigenvalue weighted by atomic mass is 9.99. The van der Waals surface area contributed by atoms with Crippen molar-refractivity contribution in [2.24, 2.45) is 0 Å². The zero-order chi connectivity index (χ0) is 10.7. The van der Waals surface area contributed by atoms with Gasteiger partial charge in [-0.3, -0.25) is 0 Å². The number of pyridine rings is 1. The predicted molar refractivity (Wildman–Crippen MR) is 63.3 cm³/mol. The van der Waals surface area contributed by atoms with Crippen molar-refractivity contribution in [1.29, 1.82) is 0 Å². The average molecular weight is 208 g/mol. The van der Waals surface area contributed by atoms with Gasteiger partial charge >= 0.3 is 0 Å². The summed E-state index contributed by atoms with van der Waals surface area (Å²) in [6.07, 6.45) is 4.54. The summed E-state index contributed by atoms with van der Waals surface area (Å²) in [5.74, 6) is 0. The Labute approximate surface area is 95.4 Å². The maximum absolute atomic E-state index is 2.47. The summed E-state index contributed by atoms with van der Waals surface area (Å²) >= 11 is 0. The standard InChI is InChI=1S/C15H14N/c1-2-13-12-7-3-5-10-9-11-6-4-8-16(13)15(11)14(10)12/h3-8,13H,2,9H2,1H3/q+1. The van der Waals surface area contributed by atoms with E-state index in [2.05, 4.69) is 48.0 Å². The van der Waals surface area contributed by atoms with Gasteiger partial charge < -0.3 is 0 Å². The van der Waals surface area contributed by atoms with Crippen molar-refractivity contribution >= 4 is 0 Å². The van der Waals surface area contributed by atoms with Crippen LogP contribution in [0.25, 0.3) is 11.3 Å². The molecule has 1 aromatic heterocycles. The second kappa shape index (κ2) is 2.73. The Bertz CT molecular complexity index is 547. The van der Waals surface area contributed by atoms with Gasteiger partial charge in [0, 0.05) is 30.0 Å². The number of benzene rings is 1. The van der Waals surface area contributed by atoms with E-state index in [4.69, 9.17) is 0 Å². The van der Waals surface area contributed by atoms with Gasteiger partial charge in [-0.25, -0.2) is 0 Å². The van der Waals surface area contributed by atoms with E-state index in [1.807, 2.05) is 0 Å². The normalized spacial score (nSPS) is 18.9. The molecule has 78 valence electrons. The summed E-state index contributed by atoms with van der Waals surface area (Å²) in [7, 11) is 0. The molecule has 1 aliphatic heterocycles. The molecule has 0 saturated carbocycles. The van der Waals surface area contributed by atoms with Crippen molar-refractivity contribution in [3.05, 3.63) is 53.2 Å². The number of hydrogen-bond donors (Lipinski definition) is 0. The van der Waals surface area contributed by atoms with Crippen molar-refractivity contribution < 1.29 is 4.57 Å². The minimum Gasteiger partial charge on any atom is -0.191 e. The zero-order valence-corrected chi connectivity index (χ0v) is 9.40. The first-order chi connectivity index (χ1) is 7.90. The molecule has 1 heteroatoms. The third kappa shape index (κ3) is 0.812. The maximum Gasteiger partial charge on any atom is 0.217 e. The third-order valence-corrected chi connectivity index (χ3v) is 3.99. The molecule has 2 aromatic rings. The summed E-state index contributed by atoms with van der Waals surface area (Å²) < 4.78 is 2.47. The lowest BCUT2D eigenvalue weighted by Crippen LogP contribution is -2.37. The van der Waals surface area contributed by atoms with Crippen LogP contribution < -0.4 is 4.57 Å². The highest BCUT2D eigenvalue weighted by Crippen LogP contribution is 2.44. The summed E-state index contributed by atoms with van der Waals surface area (Å²) in [4.78, 5) is 0. The molecule has 0 amide bonds. The Morgan fingerprint density at radius 2 is 2.06 bits per heavy atom. The largest absolute Gasteiger partial charge is 0.217 e. The molecule has 0 saturated heterocycles. The fourth-order valence-electron chi connectivity index (χ4n) is 3.37. The summed E-state index contributed by atoms with van der Waals surface area (Å²) in [6.45, 7) is 2.28. The predicted octanol–water partition coefficient (Wildman–Crippen LogP) is 2.86. The van der Waals surface area contributed by atoms with Crippen molar-refractivity contribution in [3.8, 4) is 11.3 Å². The Balaban J connectivity index is 2.16. The highest BCUT2D eigenvalue weighted by atomic mass is 15.0. The van der Waals surface area contributed by atoms with Crippen molar-refractivity contribution in [3.63, 3.8) is 0 Å². The lowest BCUT2D eigenvalue weighted by Gasteiger charge is -2.07. The molecule has 1 nitrogen and oxygen atoms in total. The molecule has 1 aromatic carbocycles. The van der Waals surface area contributed by atoms with Crippen LogP contribution >= 0.6 is 0 Å². The number of nitrogens with zero attached hydrogens (tertiary/aromatic N) is 1. The van der Waals surface area contributed by atoms with E-state index in [-0.39, 0.29) is 0 Å². The van der Waals surface area contributed by atoms with E-state index < -0.39 is 0 Å². The summed E-state index contributed by atoms with van der Waals surface area (Å²) in [5.41, 5.74) is 7.57. The maximum atomic E-state index is 2.47. The highest BCUT2D eigenvalue weighted by Gasteiger charge is 2.41. The average Bonchev–Trinajstić information content (AvgIpc) is 2.84. The molecular weight excluding hydrogens is 194 g/mol. The fourth-order valence-corrected chi connectivity index (χ4v) is 3.37. The quantitative estimate of drug-likeness (QED) is 0.541. The number of aromatic nitrogens is 1. The van der Waals surface area contributed by atoms with Crippen LogP contribution in [-0.2, 0) is 6.42 Å². The van der Waals surface area contributed by atoms with Crippen LogP contribution in [-0.4, -0.2) is 0 Å². The van der Waals surface area contributed by atoms with Crippen LogP contribution in [0.1, 0.15) is 36.1 Å². The third-order valence-electron chi connectivity index (χ3n) is 3.99. The van der Waals surface area contributed by atoms with Gasteiger partial charge in [-0.2, -0.15) is 4.57 Å². The number of hydrogen-bond acceptors (Lipinski definition) is 0.